The van der Waals surface area contributed by atoms with Crippen LogP contribution in [0.3, 0.4) is 0 Å². The average molecular weight is 541 g/mol. The molecule has 1 aliphatic rings. The largest absolute Gasteiger partial charge is 0.454 e. The molecule has 34 heavy (non-hydrogen) atoms. The number of ether oxygens (including phenoxy) is 2. The van der Waals surface area contributed by atoms with Crippen LogP contribution in [0, 0.1) is 0 Å². The topological polar surface area (TPSA) is 100 Å². The van der Waals surface area contributed by atoms with Crippen LogP contribution < -0.4 is 20.5 Å². The van der Waals surface area contributed by atoms with Gasteiger partial charge >= 0.3 is 0 Å². The van der Waals surface area contributed by atoms with E-state index in [1.165, 1.54) is 6.33 Å². The van der Waals surface area contributed by atoms with E-state index in [1.807, 2.05) is 24.3 Å². The molecule has 5 rings (SSSR count). The summed E-state index contributed by atoms with van der Waals surface area (Å²) in [6.45, 7) is 6.16. The molecule has 0 spiro atoms. The lowest BCUT2D eigenvalue weighted by atomic mass is 10.1. The summed E-state index contributed by atoms with van der Waals surface area (Å²) in [6, 6.07) is 12.7. The van der Waals surface area contributed by atoms with Crippen molar-refractivity contribution in [2.75, 3.05) is 19.1 Å². The highest BCUT2D eigenvalue weighted by Gasteiger charge is 2.22. The lowest BCUT2D eigenvalue weighted by Gasteiger charge is -2.13. The van der Waals surface area contributed by atoms with E-state index in [1.54, 1.807) is 11.8 Å². The Kier molecular flexibility index (Phi) is 6.62. The Morgan fingerprint density at radius 2 is 1.91 bits per heavy atom. The Bertz CT molecular complexity index is 1330. The fourth-order valence-electron chi connectivity index (χ4n) is 3.80. The highest BCUT2D eigenvalue weighted by atomic mass is 79.9. The summed E-state index contributed by atoms with van der Waals surface area (Å²) >= 11 is 5.09. The number of imidazole rings is 1. The van der Waals surface area contributed by atoms with Crippen LogP contribution in [0.2, 0.25) is 0 Å². The molecule has 4 aromatic rings. The Morgan fingerprint density at radius 3 is 2.68 bits per heavy atom. The number of rotatable bonds is 8. The fraction of sp³-hybridized carbons (Fsp3) is 0.292. The number of aryl methyl sites for hydroxylation is 1. The number of nitrogen functional groups attached to an aromatic ring is 1. The van der Waals surface area contributed by atoms with Gasteiger partial charge in [-0.2, -0.15) is 0 Å². The summed E-state index contributed by atoms with van der Waals surface area (Å²) < 4.78 is 14.5. The van der Waals surface area contributed by atoms with Gasteiger partial charge in [0.1, 0.15) is 6.33 Å². The standard InChI is InChI=1S/C24H25BrN6O2S/c1-14(2)27-8-3-9-31-23-21(22(26)28-12-29-23)30-24(31)34-20-11-19-18(32-13-33-19)10-17(20)15-4-6-16(25)7-5-15/h4-7,10-12,14,27H,3,8-9,13H2,1-2H3,(H2,26,28,29). The van der Waals surface area contributed by atoms with Gasteiger partial charge in [0.2, 0.25) is 6.79 Å². The van der Waals surface area contributed by atoms with E-state index < -0.39 is 0 Å². The minimum atomic E-state index is 0.219. The fourth-order valence-corrected chi connectivity index (χ4v) is 5.14. The molecular formula is C24H25BrN6O2S. The quantitative estimate of drug-likeness (QED) is 0.297. The van der Waals surface area contributed by atoms with Crippen molar-refractivity contribution in [3.05, 3.63) is 47.2 Å². The summed E-state index contributed by atoms with van der Waals surface area (Å²) in [5.74, 6) is 1.85. The summed E-state index contributed by atoms with van der Waals surface area (Å²) in [7, 11) is 0. The second-order valence-corrected chi connectivity index (χ2v) is 10.2. The van der Waals surface area contributed by atoms with Gasteiger partial charge in [0.15, 0.2) is 33.6 Å². The molecule has 2 aromatic carbocycles. The number of anilines is 1. The van der Waals surface area contributed by atoms with E-state index in [2.05, 4.69) is 61.8 Å². The third-order valence-electron chi connectivity index (χ3n) is 5.47. The molecule has 0 unspecified atom stereocenters. The smallest absolute Gasteiger partial charge is 0.231 e. The molecule has 8 nitrogen and oxygen atoms in total. The monoisotopic (exact) mass is 540 g/mol. The normalized spacial score (nSPS) is 12.7. The number of nitrogens with one attached hydrogen (secondary N) is 1. The van der Waals surface area contributed by atoms with Gasteiger partial charge in [0, 0.05) is 22.0 Å². The van der Waals surface area contributed by atoms with Crippen LogP contribution in [0.4, 0.5) is 5.82 Å². The summed E-state index contributed by atoms with van der Waals surface area (Å²) in [5.41, 5.74) is 9.62. The van der Waals surface area contributed by atoms with E-state index in [-0.39, 0.29) is 6.79 Å². The Hall–Kier alpha value is -2.82. The van der Waals surface area contributed by atoms with Gasteiger partial charge in [-0.05, 0) is 48.4 Å². The molecule has 1 aliphatic heterocycles. The van der Waals surface area contributed by atoms with Crippen molar-refractivity contribution in [3.8, 4) is 22.6 Å². The lowest BCUT2D eigenvalue weighted by molar-refractivity contribution is 0.174. The van der Waals surface area contributed by atoms with Gasteiger partial charge in [-0.3, -0.25) is 0 Å². The molecule has 3 heterocycles. The Balaban J connectivity index is 1.55. The van der Waals surface area contributed by atoms with Gasteiger partial charge in [-0.15, -0.1) is 0 Å². The van der Waals surface area contributed by atoms with Gasteiger partial charge in [-0.1, -0.05) is 53.7 Å². The molecule has 0 bridgehead atoms. The number of halogens is 1. The second-order valence-electron chi connectivity index (χ2n) is 8.25. The van der Waals surface area contributed by atoms with Crippen LogP contribution in [0.5, 0.6) is 11.5 Å². The molecule has 0 aliphatic carbocycles. The van der Waals surface area contributed by atoms with Crippen LogP contribution >= 0.6 is 27.7 Å². The maximum absolute atomic E-state index is 6.15. The summed E-state index contributed by atoms with van der Waals surface area (Å²) in [4.78, 5) is 14.5. The van der Waals surface area contributed by atoms with Gasteiger partial charge in [0.05, 0.1) is 0 Å². The van der Waals surface area contributed by atoms with E-state index in [9.17, 15) is 0 Å². The molecule has 2 aromatic heterocycles. The highest BCUT2D eigenvalue weighted by molar-refractivity contribution is 9.10. The van der Waals surface area contributed by atoms with Gasteiger partial charge in [-0.25, -0.2) is 15.0 Å². The van der Waals surface area contributed by atoms with Crippen molar-refractivity contribution >= 4 is 44.7 Å². The highest BCUT2D eigenvalue weighted by Crippen LogP contribution is 2.45. The van der Waals surface area contributed by atoms with Crippen LogP contribution in [-0.2, 0) is 6.54 Å². The number of benzene rings is 2. The molecule has 10 heteroatoms. The zero-order chi connectivity index (χ0) is 23.7. The van der Waals surface area contributed by atoms with Crippen molar-refractivity contribution in [1.29, 1.82) is 0 Å². The molecule has 0 saturated heterocycles. The third-order valence-corrected chi connectivity index (χ3v) is 7.05. The van der Waals surface area contributed by atoms with Crippen LogP contribution in [0.25, 0.3) is 22.3 Å². The minimum absolute atomic E-state index is 0.219. The zero-order valence-corrected chi connectivity index (χ0v) is 21.3. The maximum Gasteiger partial charge on any atom is 0.231 e. The molecule has 176 valence electrons. The van der Waals surface area contributed by atoms with E-state index in [4.69, 9.17) is 20.2 Å². The molecule has 0 radical (unpaired) electrons. The van der Waals surface area contributed by atoms with Crippen molar-refractivity contribution in [3.63, 3.8) is 0 Å². The SMILES string of the molecule is CC(C)NCCCn1c(Sc2cc3c(cc2-c2ccc(Br)cc2)OCO3)nc2c(N)ncnc21. The average Bonchev–Trinajstić information content (AvgIpc) is 3.41. The molecular weight excluding hydrogens is 516 g/mol. The van der Waals surface area contributed by atoms with Crippen LogP contribution in [0.1, 0.15) is 20.3 Å². The van der Waals surface area contributed by atoms with Crippen LogP contribution in [0.15, 0.2) is 57.3 Å². The minimum Gasteiger partial charge on any atom is -0.454 e. The predicted octanol–water partition coefficient (Wildman–Crippen LogP) is 5.11. The van der Waals surface area contributed by atoms with Gasteiger partial charge in [0.25, 0.3) is 0 Å². The summed E-state index contributed by atoms with van der Waals surface area (Å²) in [5, 5.41) is 4.28. The third kappa shape index (κ3) is 4.70. The first-order valence-corrected chi connectivity index (χ1v) is 12.7. The molecule has 0 fully saturated rings. The lowest BCUT2D eigenvalue weighted by Crippen LogP contribution is -2.24. The second kappa shape index (κ2) is 9.81. The van der Waals surface area contributed by atoms with Crippen molar-refractivity contribution in [1.82, 2.24) is 24.8 Å². The number of hydrogen-bond donors (Lipinski definition) is 2. The molecule has 0 atom stereocenters. The van der Waals surface area contributed by atoms with E-state index in [0.29, 0.717) is 17.4 Å². The van der Waals surface area contributed by atoms with Crippen molar-refractivity contribution in [2.45, 2.75) is 42.9 Å². The number of aromatic nitrogens is 4. The molecule has 0 amide bonds. The number of fused-ring (bicyclic) bond motifs is 2. The number of nitrogens with two attached hydrogens (primary N) is 1. The number of hydrogen-bond acceptors (Lipinski definition) is 8. The van der Waals surface area contributed by atoms with Gasteiger partial charge < -0.3 is 25.1 Å². The Labute approximate surface area is 210 Å². The zero-order valence-electron chi connectivity index (χ0n) is 18.9. The van der Waals surface area contributed by atoms with Crippen molar-refractivity contribution in [2.24, 2.45) is 0 Å². The maximum atomic E-state index is 6.15. The van der Waals surface area contributed by atoms with Crippen LogP contribution in [-0.4, -0.2) is 38.9 Å². The predicted molar refractivity (Wildman–Crippen MR) is 137 cm³/mol. The number of nitrogens with zero attached hydrogens (tertiary/aromatic N) is 4. The van der Waals surface area contributed by atoms with Crippen molar-refractivity contribution < 1.29 is 9.47 Å². The van der Waals surface area contributed by atoms with E-state index in [0.717, 1.165) is 62.3 Å². The van der Waals surface area contributed by atoms with E-state index >= 15 is 0 Å². The molecule has 3 N–H and O–H groups in total. The Morgan fingerprint density at radius 1 is 1.15 bits per heavy atom. The molecule has 0 saturated carbocycles. The first kappa shape index (κ1) is 22.9. The first-order chi connectivity index (χ1) is 16.5. The first-order valence-electron chi connectivity index (χ1n) is 11.1. The summed E-state index contributed by atoms with van der Waals surface area (Å²) in [6.07, 6.45) is 2.42.